The van der Waals surface area contributed by atoms with Crippen LogP contribution in [0.1, 0.15) is 37.5 Å². The van der Waals surface area contributed by atoms with E-state index < -0.39 is 17.6 Å². The maximum absolute atomic E-state index is 13.7. The van der Waals surface area contributed by atoms with Gasteiger partial charge in [0.15, 0.2) is 0 Å². The molecule has 0 aliphatic carbocycles. The highest BCUT2D eigenvalue weighted by Gasteiger charge is 2.31. The molecule has 1 saturated heterocycles. The summed E-state index contributed by atoms with van der Waals surface area (Å²) < 4.78 is 47.2. The molecule has 2 aromatic heterocycles. The fourth-order valence-electron chi connectivity index (χ4n) is 5.77. The van der Waals surface area contributed by atoms with Gasteiger partial charge in [-0.2, -0.15) is 18.4 Å². The van der Waals surface area contributed by atoms with Gasteiger partial charge in [-0.3, -0.25) is 14.5 Å². The number of aromatic nitrogens is 2. The quantitative estimate of drug-likeness (QED) is 0.200. The van der Waals surface area contributed by atoms with E-state index >= 15 is 0 Å². The van der Waals surface area contributed by atoms with Gasteiger partial charge >= 0.3 is 6.18 Å². The van der Waals surface area contributed by atoms with Crippen LogP contribution in [0, 0.1) is 11.3 Å². The van der Waals surface area contributed by atoms with E-state index in [2.05, 4.69) is 16.0 Å². The third-order valence-electron chi connectivity index (χ3n) is 8.50. The number of rotatable bonds is 7. The number of piperazine rings is 1. The van der Waals surface area contributed by atoms with Gasteiger partial charge in [0.2, 0.25) is 5.88 Å². The fourth-order valence-corrected chi connectivity index (χ4v) is 5.77. The summed E-state index contributed by atoms with van der Waals surface area (Å²) in [6.45, 7) is 3.30. The molecule has 0 radical (unpaired) electrons. The number of alkyl halides is 3. The van der Waals surface area contributed by atoms with Gasteiger partial charge in [-0.1, -0.05) is 18.2 Å². The van der Waals surface area contributed by atoms with Gasteiger partial charge in [-0.25, -0.2) is 4.98 Å². The molecule has 1 aliphatic heterocycles. The zero-order valence-corrected chi connectivity index (χ0v) is 26.2. The molecule has 244 valence electrons. The summed E-state index contributed by atoms with van der Waals surface area (Å²) in [5, 5.41) is 9.71. The second-order valence-electron chi connectivity index (χ2n) is 11.5. The minimum atomic E-state index is -4.51. The molecule has 0 atom stereocenters. The summed E-state index contributed by atoms with van der Waals surface area (Å²) in [7, 11) is 3.32. The average Bonchev–Trinajstić information content (AvgIpc) is 3.44. The van der Waals surface area contributed by atoms with E-state index in [9.17, 15) is 22.8 Å². The molecule has 0 unspecified atom stereocenters. The van der Waals surface area contributed by atoms with Crippen molar-refractivity contribution >= 4 is 28.4 Å². The van der Waals surface area contributed by atoms with Crippen molar-refractivity contribution in [1.29, 1.82) is 5.26 Å². The Kier molecular flexibility index (Phi) is 8.88. The first-order valence-corrected chi connectivity index (χ1v) is 15.2. The minimum Gasteiger partial charge on any atom is -0.436 e. The van der Waals surface area contributed by atoms with E-state index in [1.54, 1.807) is 30.3 Å². The lowest BCUT2D eigenvalue weighted by Crippen LogP contribution is -2.48. The average molecular weight is 653 g/mol. The Labute approximate surface area is 275 Å². The van der Waals surface area contributed by atoms with Gasteiger partial charge in [0, 0.05) is 64.0 Å². The Hall–Kier alpha value is -5.67. The summed E-state index contributed by atoms with van der Waals surface area (Å²) in [4.78, 5) is 36.7. The number of carbonyl (C=O) groups excluding carboxylic acids is 2. The zero-order chi connectivity index (χ0) is 34.0. The molecule has 3 aromatic carbocycles. The predicted molar refractivity (Wildman–Crippen MR) is 174 cm³/mol. The number of anilines is 1. The maximum Gasteiger partial charge on any atom is 0.416 e. The van der Waals surface area contributed by atoms with Crippen molar-refractivity contribution in [1.82, 2.24) is 19.4 Å². The van der Waals surface area contributed by atoms with Crippen LogP contribution in [0.2, 0.25) is 0 Å². The molecule has 9 nitrogen and oxygen atoms in total. The fraction of sp³-hybridized carbons (Fsp3) is 0.222. The number of hydrogen-bond acceptors (Lipinski definition) is 6. The van der Waals surface area contributed by atoms with Crippen LogP contribution in [0.15, 0.2) is 91.1 Å². The third-order valence-corrected chi connectivity index (χ3v) is 8.50. The molecule has 0 bridgehead atoms. The minimum absolute atomic E-state index is 0.0729. The number of pyridine rings is 1. The van der Waals surface area contributed by atoms with Gasteiger partial charge in [0.1, 0.15) is 17.1 Å². The first-order valence-electron chi connectivity index (χ1n) is 15.2. The molecule has 1 fully saturated rings. The van der Waals surface area contributed by atoms with Crippen LogP contribution in [0.4, 0.5) is 18.9 Å². The zero-order valence-electron chi connectivity index (χ0n) is 26.2. The summed E-state index contributed by atoms with van der Waals surface area (Å²) in [6, 6.07) is 24.1. The van der Waals surface area contributed by atoms with Crippen molar-refractivity contribution in [2.75, 3.05) is 38.1 Å². The Balaban J connectivity index is 1.18. The van der Waals surface area contributed by atoms with Crippen molar-refractivity contribution in [3.8, 4) is 17.7 Å². The molecule has 12 heteroatoms. The van der Waals surface area contributed by atoms with Crippen LogP contribution in [0.5, 0.6) is 11.6 Å². The van der Waals surface area contributed by atoms with Crippen LogP contribution in [0.25, 0.3) is 10.9 Å². The Bertz CT molecular complexity index is 2010. The number of carbonyl (C=O) groups is 2. The van der Waals surface area contributed by atoms with Gasteiger partial charge in [0.05, 0.1) is 22.7 Å². The monoisotopic (exact) mass is 652 g/mol. The molecule has 0 spiro atoms. The van der Waals surface area contributed by atoms with Crippen molar-refractivity contribution in [3.63, 3.8) is 0 Å². The van der Waals surface area contributed by atoms with Crippen LogP contribution in [-0.2, 0) is 19.8 Å². The van der Waals surface area contributed by atoms with Crippen LogP contribution >= 0.6 is 0 Å². The first kappa shape index (κ1) is 32.3. The van der Waals surface area contributed by atoms with Gasteiger partial charge in [0.25, 0.3) is 11.8 Å². The molecular weight excluding hydrogens is 621 g/mol. The van der Waals surface area contributed by atoms with Crippen LogP contribution in [0.3, 0.4) is 0 Å². The SMILES string of the molecule is CN(C(=O)c1ccc(C(F)(F)F)cc1)c1cccnc1Oc1cccc2c1cc(C(=O)N1CCN(Cc3ccc(C#N)cc3)CC1)n2C. The van der Waals surface area contributed by atoms with E-state index in [4.69, 9.17) is 10.00 Å². The largest absolute Gasteiger partial charge is 0.436 e. The molecule has 0 saturated carbocycles. The standard InChI is InChI=1S/C36H31F3N6O3/c1-42-29-5-3-7-32(48-33-30(6-4-16-41-33)43(2)34(46)26-12-14-27(15-13-26)36(37,38)39)28(29)21-31(42)35(47)45-19-17-44(18-20-45)23-25-10-8-24(22-40)9-11-25/h3-16,21H,17-20,23H2,1-2H3. The molecule has 48 heavy (non-hydrogen) atoms. The van der Waals surface area contributed by atoms with E-state index in [1.807, 2.05) is 46.8 Å². The smallest absolute Gasteiger partial charge is 0.416 e. The summed E-state index contributed by atoms with van der Waals surface area (Å²) in [5.41, 5.74) is 2.54. The number of amides is 2. The second-order valence-corrected chi connectivity index (χ2v) is 11.5. The molecule has 2 amide bonds. The number of halogens is 3. The maximum atomic E-state index is 13.7. The normalized spacial score (nSPS) is 13.7. The number of fused-ring (bicyclic) bond motifs is 1. The predicted octanol–water partition coefficient (Wildman–Crippen LogP) is 6.49. The Morgan fingerprint density at radius 3 is 2.33 bits per heavy atom. The summed E-state index contributed by atoms with van der Waals surface area (Å²) >= 11 is 0. The highest BCUT2D eigenvalue weighted by molar-refractivity contribution is 6.06. The third kappa shape index (κ3) is 6.59. The molecule has 6 rings (SSSR count). The van der Waals surface area contributed by atoms with Crippen molar-refractivity contribution in [2.45, 2.75) is 12.7 Å². The highest BCUT2D eigenvalue weighted by atomic mass is 19.4. The number of hydrogen-bond donors (Lipinski definition) is 0. The lowest BCUT2D eigenvalue weighted by molar-refractivity contribution is -0.137. The highest BCUT2D eigenvalue weighted by Crippen LogP contribution is 2.36. The molecule has 1 aliphatic rings. The van der Waals surface area contributed by atoms with Gasteiger partial charge < -0.3 is 19.1 Å². The number of ether oxygens (including phenoxy) is 1. The van der Waals surface area contributed by atoms with Crippen molar-refractivity contribution < 1.29 is 27.5 Å². The lowest BCUT2D eigenvalue weighted by atomic mass is 10.1. The van der Waals surface area contributed by atoms with Crippen molar-refractivity contribution in [2.24, 2.45) is 7.05 Å². The van der Waals surface area contributed by atoms with Gasteiger partial charge in [-0.05, 0) is 72.3 Å². The topological polar surface area (TPSA) is 94.7 Å². The first-order chi connectivity index (χ1) is 23.0. The summed E-state index contributed by atoms with van der Waals surface area (Å²) in [5.74, 6) is -0.102. The Morgan fingerprint density at radius 2 is 1.67 bits per heavy atom. The molecule has 3 heterocycles. The van der Waals surface area contributed by atoms with E-state index in [-0.39, 0.29) is 17.4 Å². The molecule has 0 N–H and O–H groups in total. The van der Waals surface area contributed by atoms with Crippen LogP contribution in [-0.4, -0.2) is 64.4 Å². The Morgan fingerprint density at radius 1 is 0.958 bits per heavy atom. The summed E-state index contributed by atoms with van der Waals surface area (Å²) in [6.07, 6.45) is -3.00. The van der Waals surface area contributed by atoms with E-state index in [1.165, 1.54) is 18.1 Å². The van der Waals surface area contributed by atoms with E-state index in [0.29, 0.717) is 54.3 Å². The molecular formula is C36H31F3N6O3. The van der Waals surface area contributed by atoms with Crippen LogP contribution < -0.4 is 9.64 Å². The van der Waals surface area contributed by atoms with Crippen molar-refractivity contribution in [3.05, 3.63) is 119 Å². The number of nitrogens with zero attached hydrogens (tertiary/aromatic N) is 6. The second kappa shape index (κ2) is 13.2. The van der Waals surface area contributed by atoms with Gasteiger partial charge in [-0.15, -0.1) is 0 Å². The number of aryl methyl sites for hydroxylation is 1. The molecule has 5 aromatic rings. The lowest BCUT2D eigenvalue weighted by Gasteiger charge is -2.34. The number of nitriles is 1. The number of benzene rings is 3. The van der Waals surface area contributed by atoms with E-state index in [0.717, 1.165) is 41.9 Å².